The lowest BCUT2D eigenvalue weighted by Gasteiger charge is -2.28. The quantitative estimate of drug-likeness (QED) is 0.873. The van der Waals surface area contributed by atoms with E-state index < -0.39 is 0 Å². The number of anilines is 1. The molecule has 4 nitrogen and oxygen atoms in total. The van der Waals surface area contributed by atoms with Crippen molar-refractivity contribution in [2.45, 2.75) is 52.1 Å². The van der Waals surface area contributed by atoms with Crippen LogP contribution in [-0.4, -0.2) is 34.5 Å². The molecule has 1 N–H and O–H groups in total. The normalized spacial score (nSPS) is 20.1. The zero-order valence-corrected chi connectivity index (χ0v) is 11.8. The second kappa shape index (κ2) is 5.78. The molecule has 0 radical (unpaired) electrons. The summed E-state index contributed by atoms with van der Waals surface area (Å²) in [6, 6.07) is 1.10. The van der Waals surface area contributed by atoms with Gasteiger partial charge in [0.25, 0.3) is 0 Å². The summed E-state index contributed by atoms with van der Waals surface area (Å²) in [4.78, 5) is 6.97. The molecule has 0 saturated carbocycles. The Hall–Kier alpha value is -0.680. The van der Waals surface area contributed by atoms with Crippen molar-refractivity contribution in [2.24, 2.45) is 0 Å². The average Bonchev–Trinajstić information content (AvgIpc) is 2.96. The summed E-state index contributed by atoms with van der Waals surface area (Å²) in [6.07, 6.45) is 3.50. The summed E-state index contributed by atoms with van der Waals surface area (Å²) < 4.78 is 4.38. The first-order chi connectivity index (χ1) is 8.20. The maximum Gasteiger partial charge on any atom is 0.205 e. The van der Waals surface area contributed by atoms with Crippen molar-refractivity contribution in [2.75, 3.05) is 18.0 Å². The number of rotatable bonds is 5. The molecule has 0 spiro atoms. The Kier molecular flexibility index (Phi) is 4.34. The fourth-order valence-corrected chi connectivity index (χ4v) is 3.06. The summed E-state index contributed by atoms with van der Waals surface area (Å²) in [6.45, 7) is 8.76. The molecule has 1 aromatic rings. The van der Waals surface area contributed by atoms with E-state index >= 15 is 0 Å². The third-order valence-electron chi connectivity index (χ3n) is 3.22. The molecule has 1 aliphatic rings. The van der Waals surface area contributed by atoms with Gasteiger partial charge in [-0.15, -0.1) is 0 Å². The van der Waals surface area contributed by atoms with Crippen LogP contribution in [0, 0.1) is 0 Å². The number of hydrogen-bond acceptors (Lipinski definition) is 5. The van der Waals surface area contributed by atoms with E-state index in [4.69, 9.17) is 0 Å². The molecule has 0 aliphatic carbocycles. The zero-order chi connectivity index (χ0) is 12.3. The lowest BCUT2D eigenvalue weighted by atomic mass is 10.2. The van der Waals surface area contributed by atoms with Gasteiger partial charge in [-0.05, 0) is 33.2 Å². The molecule has 1 saturated heterocycles. The van der Waals surface area contributed by atoms with E-state index in [1.54, 1.807) is 0 Å². The van der Waals surface area contributed by atoms with E-state index in [1.807, 2.05) is 0 Å². The number of aromatic nitrogens is 2. The van der Waals surface area contributed by atoms with Gasteiger partial charge in [0.05, 0.1) is 0 Å². The first-order valence-corrected chi connectivity index (χ1v) is 7.30. The molecule has 2 rings (SSSR count). The van der Waals surface area contributed by atoms with Crippen LogP contribution in [0.4, 0.5) is 5.13 Å². The fraction of sp³-hybridized carbons (Fsp3) is 0.833. The highest BCUT2D eigenvalue weighted by Gasteiger charge is 2.22. The zero-order valence-electron chi connectivity index (χ0n) is 10.9. The minimum absolute atomic E-state index is 0.482. The van der Waals surface area contributed by atoms with Gasteiger partial charge in [-0.25, -0.2) is 4.98 Å². The number of nitrogens with zero attached hydrogens (tertiary/aromatic N) is 3. The van der Waals surface area contributed by atoms with E-state index in [9.17, 15) is 0 Å². The van der Waals surface area contributed by atoms with Gasteiger partial charge in [-0.2, -0.15) is 4.37 Å². The van der Waals surface area contributed by atoms with Crippen LogP contribution in [0.3, 0.4) is 0 Å². The molecule has 1 fully saturated rings. The van der Waals surface area contributed by atoms with Crippen LogP contribution in [0.2, 0.25) is 0 Å². The van der Waals surface area contributed by atoms with Crippen molar-refractivity contribution >= 4 is 16.7 Å². The molecule has 5 heteroatoms. The number of aryl methyl sites for hydroxylation is 1. The molecule has 1 atom stereocenters. The maximum atomic E-state index is 4.60. The van der Waals surface area contributed by atoms with Gasteiger partial charge in [0.1, 0.15) is 5.82 Å². The van der Waals surface area contributed by atoms with Gasteiger partial charge in [-0.3, -0.25) is 0 Å². The third-order valence-corrected chi connectivity index (χ3v) is 4.01. The second-order valence-corrected chi connectivity index (χ2v) is 5.62. The minimum Gasteiger partial charge on any atom is -0.343 e. The van der Waals surface area contributed by atoms with E-state index in [2.05, 4.69) is 40.3 Å². The van der Waals surface area contributed by atoms with Gasteiger partial charge in [0.15, 0.2) is 0 Å². The Morgan fingerprint density at radius 3 is 2.88 bits per heavy atom. The van der Waals surface area contributed by atoms with Crippen molar-refractivity contribution in [1.29, 1.82) is 0 Å². The number of nitrogens with one attached hydrogen (secondary N) is 1. The summed E-state index contributed by atoms with van der Waals surface area (Å²) in [7, 11) is 0. The molecule has 0 amide bonds. The van der Waals surface area contributed by atoms with Crippen LogP contribution < -0.4 is 10.2 Å². The highest BCUT2D eigenvalue weighted by atomic mass is 32.1. The molecular weight excluding hydrogens is 232 g/mol. The molecular formula is C12H22N4S. The predicted octanol–water partition coefficient (Wildman–Crippen LogP) is 2.07. The Labute approximate surface area is 108 Å². The molecule has 2 heterocycles. The Morgan fingerprint density at radius 2 is 2.35 bits per heavy atom. The fourth-order valence-electron chi connectivity index (χ4n) is 2.16. The first kappa shape index (κ1) is 12.8. The van der Waals surface area contributed by atoms with Crippen LogP contribution in [0.5, 0.6) is 0 Å². The van der Waals surface area contributed by atoms with Gasteiger partial charge >= 0.3 is 0 Å². The number of hydrogen-bond donors (Lipinski definition) is 1. The summed E-state index contributed by atoms with van der Waals surface area (Å²) in [5.74, 6) is 0.968. The van der Waals surface area contributed by atoms with Crippen molar-refractivity contribution in [1.82, 2.24) is 14.7 Å². The van der Waals surface area contributed by atoms with Crippen molar-refractivity contribution in [3.05, 3.63) is 5.82 Å². The van der Waals surface area contributed by atoms with Gasteiger partial charge in [0, 0.05) is 36.6 Å². The van der Waals surface area contributed by atoms with Gasteiger partial charge in [-0.1, -0.05) is 6.92 Å². The van der Waals surface area contributed by atoms with E-state index in [0.29, 0.717) is 12.1 Å². The highest BCUT2D eigenvalue weighted by Crippen LogP contribution is 2.21. The lowest BCUT2D eigenvalue weighted by Crippen LogP contribution is -2.41. The lowest BCUT2D eigenvalue weighted by molar-refractivity contribution is 0.551. The van der Waals surface area contributed by atoms with E-state index in [-0.39, 0.29) is 0 Å². The van der Waals surface area contributed by atoms with Gasteiger partial charge in [0.2, 0.25) is 5.13 Å². The van der Waals surface area contributed by atoms with Crippen molar-refractivity contribution in [3.63, 3.8) is 0 Å². The van der Waals surface area contributed by atoms with Crippen LogP contribution in [-0.2, 0) is 6.42 Å². The van der Waals surface area contributed by atoms with Crippen LogP contribution in [0.15, 0.2) is 0 Å². The summed E-state index contributed by atoms with van der Waals surface area (Å²) >= 11 is 1.53. The van der Waals surface area contributed by atoms with Crippen molar-refractivity contribution < 1.29 is 0 Å². The predicted molar refractivity (Wildman–Crippen MR) is 72.8 cm³/mol. The third kappa shape index (κ3) is 3.16. The largest absolute Gasteiger partial charge is 0.343 e. The smallest absolute Gasteiger partial charge is 0.205 e. The topological polar surface area (TPSA) is 41.1 Å². The standard InChI is InChI=1S/C12H22N4S/c1-4-11-14-12(17-15-11)16(9(2)3)8-10-6-5-7-13-10/h9-10,13H,4-8H2,1-3H3. The van der Waals surface area contributed by atoms with E-state index in [0.717, 1.165) is 30.5 Å². The summed E-state index contributed by atoms with van der Waals surface area (Å²) in [5.41, 5.74) is 0. The maximum absolute atomic E-state index is 4.60. The monoisotopic (exact) mass is 254 g/mol. The minimum atomic E-state index is 0.482. The van der Waals surface area contributed by atoms with Crippen LogP contribution in [0.25, 0.3) is 0 Å². The van der Waals surface area contributed by atoms with E-state index in [1.165, 1.54) is 24.4 Å². The molecule has 1 aliphatic heterocycles. The Morgan fingerprint density at radius 1 is 1.53 bits per heavy atom. The van der Waals surface area contributed by atoms with Gasteiger partial charge < -0.3 is 10.2 Å². The average molecular weight is 254 g/mol. The first-order valence-electron chi connectivity index (χ1n) is 6.53. The molecule has 0 bridgehead atoms. The molecule has 0 aromatic carbocycles. The molecule has 96 valence electrons. The Bertz CT molecular complexity index is 344. The molecule has 17 heavy (non-hydrogen) atoms. The SMILES string of the molecule is CCc1nsc(N(CC2CCCN2)C(C)C)n1. The van der Waals surface area contributed by atoms with Crippen LogP contribution in [0.1, 0.15) is 39.4 Å². The second-order valence-electron chi connectivity index (χ2n) is 4.89. The molecule has 1 unspecified atom stereocenters. The molecule has 1 aromatic heterocycles. The highest BCUT2D eigenvalue weighted by molar-refractivity contribution is 7.09. The van der Waals surface area contributed by atoms with Crippen LogP contribution >= 0.6 is 11.5 Å². The summed E-state index contributed by atoms with van der Waals surface area (Å²) in [5, 5.41) is 4.62. The van der Waals surface area contributed by atoms with Crippen molar-refractivity contribution in [3.8, 4) is 0 Å². The Balaban J connectivity index is 2.05.